The summed E-state index contributed by atoms with van der Waals surface area (Å²) < 4.78 is 0. The van der Waals surface area contributed by atoms with Crippen LogP contribution in [0.2, 0.25) is 0 Å². The van der Waals surface area contributed by atoms with Crippen LogP contribution in [0.3, 0.4) is 0 Å². The van der Waals surface area contributed by atoms with E-state index in [9.17, 15) is 0 Å². The van der Waals surface area contributed by atoms with Crippen molar-refractivity contribution in [3.8, 4) is 0 Å². The lowest BCUT2D eigenvalue weighted by Gasteiger charge is -2.29. The third-order valence-corrected chi connectivity index (χ3v) is 4.02. The van der Waals surface area contributed by atoms with Crippen LogP contribution in [0.1, 0.15) is 51.0 Å². The van der Waals surface area contributed by atoms with Gasteiger partial charge in [-0.1, -0.05) is 43.7 Å². The summed E-state index contributed by atoms with van der Waals surface area (Å²) in [6.45, 7) is 3.53. The zero-order valence-corrected chi connectivity index (χ0v) is 11.0. The third kappa shape index (κ3) is 3.57. The zero-order chi connectivity index (χ0) is 12.0. The van der Waals surface area contributed by atoms with Crippen LogP contribution >= 0.6 is 0 Å². The fourth-order valence-corrected chi connectivity index (χ4v) is 3.17. The Morgan fingerprint density at radius 1 is 1.18 bits per heavy atom. The molecule has 94 valence electrons. The van der Waals surface area contributed by atoms with Crippen molar-refractivity contribution in [2.24, 2.45) is 0 Å². The highest BCUT2D eigenvalue weighted by atomic mass is 15.0. The first-order valence-electron chi connectivity index (χ1n) is 7.14. The second-order valence-electron chi connectivity index (χ2n) is 5.40. The van der Waals surface area contributed by atoms with Gasteiger partial charge in [0.25, 0.3) is 0 Å². The molecule has 1 fully saturated rings. The summed E-state index contributed by atoms with van der Waals surface area (Å²) in [5, 5.41) is 3.76. The molecular formula is C16H25N. The van der Waals surface area contributed by atoms with Crippen molar-refractivity contribution in [3.05, 3.63) is 35.9 Å². The first-order chi connectivity index (χ1) is 8.35. The van der Waals surface area contributed by atoms with E-state index in [4.69, 9.17) is 0 Å². The Bertz CT molecular complexity index is 312. The summed E-state index contributed by atoms with van der Waals surface area (Å²) >= 11 is 0. The number of aryl methyl sites for hydroxylation is 1. The molecule has 1 saturated heterocycles. The van der Waals surface area contributed by atoms with E-state index < -0.39 is 0 Å². The van der Waals surface area contributed by atoms with E-state index in [0.29, 0.717) is 5.54 Å². The predicted molar refractivity (Wildman–Crippen MR) is 74.3 cm³/mol. The summed E-state index contributed by atoms with van der Waals surface area (Å²) in [7, 11) is 0. The molecule has 1 aromatic rings. The minimum Gasteiger partial charge on any atom is -0.311 e. The van der Waals surface area contributed by atoms with E-state index in [1.807, 2.05) is 0 Å². The van der Waals surface area contributed by atoms with Crippen molar-refractivity contribution < 1.29 is 0 Å². The minimum absolute atomic E-state index is 0.476. The number of hydrogen-bond donors (Lipinski definition) is 1. The van der Waals surface area contributed by atoms with Gasteiger partial charge in [-0.15, -0.1) is 0 Å². The fourth-order valence-electron chi connectivity index (χ4n) is 3.17. The van der Waals surface area contributed by atoms with E-state index in [1.165, 1.54) is 57.1 Å². The van der Waals surface area contributed by atoms with E-state index >= 15 is 0 Å². The Balaban J connectivity index is 1.80. The van der Waals surface area contributed by atoms with Gasteiger partial charge in [0.2, 0.25) is 0 Å². The molecule has 0 radical (unpaired) electrons. The number of benzene rings is 1. The molecular weight excluding hydrogens is 206 g/mol. The summed E-state index contributed by atoms with van der Waals surface area (Å²) in [5.41, 5.74) is 1.96. The molecule has 1 heteroatoms. The van der Waals surface area contributed by atoms with Crippen LogP contribution in [0.15, 0.2) is 30.3 Å². The van der Waals surface area contributed by atoms with Gasteiger partial charge >= 0.3 is 0 Å². The van der Waals surface area contributed by atoms with Gasteiger partial charge in [-0.3, -0.25) is 0 Å². The Labute approximate surface area is 106 Å². The lowest BCUT2D eigenvalue weighted by Crippen LogP contribution is -2.39. The smallest absolute Gasteiger partial charge is 0.0182 e. The predicted octanol–water partition coefficient (Wildman–Crippen LogP) is 3.93. The largest absolute Gasteiger partial charge is 0.311 e. The van der Waals surface area contributed by atoms with Crippen LogP contribution in [0, 0.1) is 0 Å². The fraction of sp³-hybridized carbons (Fsp3) is 0.625. The van der Waals surface area contributed by atoms with Gasteiger partial charge < -0.3 is 5.32 Å². The lowest BCUT2D eigenvalue weighted by molar-refractivity contribution is 0.312. The molecule has 1 heterocycles. The molecule has 0 aromatic heterocycles. The van der Waals surface area contributed by atoms with Crippen LogP contribution in [0.5, 0.6) is 0 Å². The third-order valence-electron chi connectivity index (χ3n) is 4.02. The average molecular weight is 231 g/mol. The summed E-state index contributed by atoms with van der Waals surface area (Å²) in [5.74, 6) is 0. The average Bonchev–Trinajstić information content (AvgIpc) is 2.80. The maximum atomic E-state index is 3.76. The molecule has 17 heavy (non-hydrogen) atoms. The highest BCUT2D eigenvalue weighted by molar-refractivity contribution is 5.14. The van der Waals surface area contributed by atoms with Gasteiger partial charge in [0.05, 0.1) is 0 Å². The molecule has 0 aliphatic carbocycles. The SMILES string of the molecule is CCCC1(CCCc2ccccc2)CCCN1. The molecule has 0 amide bonds. The molecule has 0 spiro atoms. The van der Waals surface area contributed by atoms with Crippen LogP contribution < -0.4 is 5.32 Å². The lowest BCUT2D eigenvalue weighted by atomic mass is 9.86. The van der Waals surface area contributed by atoms with E-state index in [0.717, 1.165) is 0 Å². The molecule has 1 unspecified atom stereocenters. The molecule has 0 bridgehead atoms. The summed E-state index contributed by atoms with van der Waals surface area (Å²) in [4.78, 5) is 0. The Morgan fingerprint density at radius 2 is 2.00 bits per heavy atom. The van der Waals surface area contributed by atoms with Gasteiger partial charge in [0, 0.05) is 5.54 Å². The highest BCUT2D eigenvalue weighted by Gasteiger charge is 2.31. The van der Waals surface area contributed by atoms with Crippen molar-refractivity contribution >= 4 is 0 Å². The van der Waals surface area contributed by atoms with E-state index in [-0.39, 0.29) is 0 Å². The maximum Gasteiger partial charge on any atom is 0.0182 e. The second kappa shape index (κ2) is 6.20. The quantitative estimate of drug-likeness (QED) is 0.782. The van der Waals surface area contributed by atoms with Gasteiger partial charge in [0.1, 0.15) is 0 Å². The topological polar surface area (TPSA) is 12.0 Å². The van der Waals surface area contributed by atoms with Gasteiger partial charge in [0.15, 0.2) is 0 Å². The summed E-state index contributed by atoms with van der Waals surface area (Å²) in [6, 6.07) is 10.9. The van der Waals surface area contributed by atoms with Crippen LogP contribution in [0.4, 0.5) is 0 Å². The van der Waals surface area contributed by atoms with E-state index in [1.54, 1.807) is 0 Å². The Kier molecular flexibility index (Phi) is 4.61. The van der Waals surface area contributed by atoms with Crippen molar-refractivity contribution in [3.63, 3.8) is 0 Å². The van der Waals surface area contributed by atoms with Gasteiger partial charge in [-0.05, 0) is 50.6 Å². The highest BCUT2D eigenvalue weighted by Crippen LogP contribution is 2.29. The minimum atomic E-state index is 0.476. The molecule has 1 aliphatic heterocycles. The normalized spacial score (nSPS) is 24.1. The van der Waals surface area contributed by atoms with E-state index in [2.05, 4.69) is 42.6 Å². The monoisotopic (exact) mass is 231 g/mol. The molecule has 1 aromatic carbocycles. The molecule has 2 rings (SSSR count). The van der Waals surface area contributed by atoms with Crippen LogP contribution in [-0.2, 0) is 6.42 Å². The number of nitrogens with one attached hydrogen (secondary N) is 1. The van der Waals surface area contributed by atoms with Crippen molar-refractivity contribution in [2.45, 2.75) is 57.4 Å². The number of hydrogen-bond acceptors (Lipinski definition) is 1. The van der Waals surface area contributed by atoms with Crippen molar-refractivity contribution in [1.82, 2.24) is 5.32 Å². The molecule has 1 nitrogen and oxygen atoms in total. The zero-order valence-electron chi connectivity index (χ0n) is 11.0. The molecule has 0 saturated carbocycles. The molecule has 1 aliphatic rings. The number of rotatable bonds is 6. The standard InChI is InChI=1S/C16H25N/c1-2-11-16(13-7-14-17-16)12-6-10-15-8-4-3-5-9-15/h3-5,8-9,17H,2,6-7,10-14H2,1H3. The molecule has 1 atom stereocenters. The summed E-state index contributed by atoms with van der Waals surface area (Å²) in [6.07, 6.45) is 9.29. The second-order valence-corrected chi connectivity index (χ2v) is 5.40. The van der Waals surface area contributed by atoms with Crippen LogP contribution in [0.25, 0.3) is 0 Å². The van der Waals surface area contributed by atoms with Gasteiger partial charge in [-0.25, -0.2) is 0 Å². The first kappa shape index (κ1) is 12.6. The Hall–Kier alpha value is -0.820. The van der Waals surface area contributed by atoms with Crippen LogP contribution in [-0.4, -0.2) is 12.1 Å². The van der Waals surface area contributed by atoms with Gasteiger partial charge in [-0.2, -0.15) is 0 Å². The van der Waals surface area contributed by atoms with Crippen molar-refractivity contribution in [1.29, 1.82) is 0 Å². The molecule has 1 N–H and O–H groups in total. The maximum absolute atomic E-state index is 3.76. The Morgan fingerprint density at radius 3 is 2.65 bits per heavy atom. The van der Waals surface area contributed by atoms with Crippen molar-refractivity contribution in [2.75, 3.05) is 6.54 Å². The first-order valence-corrected chi connectivity index (χ1v) is 7.14.